The molecule has 0 radical (unpaired) electrons. The first-order chi connectivity index (χ1) is 12.0. The fourth-order valence-electron chi connectivity index (χ4n) is 3.83. The van der Waals surface area contributed by atoms with E-state index in [4.69, 9.17) is 4.52 Å². The highest BCUT2D eigenvalue weighted by Crippen LogP contribution is 2.29. The number of piperidine rings is 1. The van der Waals surface area contributed by atoms with Crippen LogP contribution in [-0.2, 0) is 4.79 Å². The number of carbonyl (C=O) groups excluding carboxylic acids is 2. The van der Waals surface area contributed by atoms with Crippen LogP contribution in [0.5, 0.6) is 0 Å². The number of aliphatic hydroxyl groups excluding tert-OH is 1. The molecule has 138 valence electrons. The van der Waals surface area contributed by atoms with E-state index < -0.39 is 6.10 Å². The number of nitrogens with zero attached hydrogens (tertiary/aromatic N) is 2. The van der Waals surface area contributed by atoms with E-state index in [-0.39, 0.29) is 30.1 Å². The number of β-amino-alcohol motifs (C(OH)–C–C–N with tert-alkyl or cyclic N) is 1. The molecule has 2 fully saturated rings. The Morgan fingerprint density at radius 2 is 2.12 bits per heavy atom. The Kier molecular flexibility index (Phi) is 5.73. The largest absolute Gasteiger partial charge is 0.389 e. The minimum atomic E-state index is -0.763. The topological polar surface area (TPSA) is 95.7 Å². The van der Waals surface area contributed by atoms with Crippen molar-refractivity contribution in [2.45, 2.75) is 64.0 Å². The second-order valence-electron chi connectivity index (χ2n) is 7.29. The minimum Gasteiger partial charge on any atom is -0.389 e. The van der Waals surface area contributed by atoms with E-state index >= 15 is 0 Å². The lowest BCUT2D eigenvalue weighted by atomic mass is 9.99. The molecule has 1 aliphatic heterocycles. The SMILES string of the molecule is Cc1cc(C(=O)NC2CCN(C(=O)CCC3CCCC3)CC2O)no1. The number of carbonyl (C=O) groups is 2. The lowest BCUT2D eigenvalue weighted by Gasteiger charge is -2.36. The summed E-state index contributed by atoms with van der Waals surface area (Å²) in [5, 5.41) is 16.8. The fourth-order valence-corrected chi connectivity index (χ4v) is 3.83. The Balaban J connectivity index is 1.45. The molecule has 2 aliphatic rings. The molecule has 2 unspecified atom stereocenters. The van der Waals surface area contributed by atoms with Gasteiger partial charge in [0, 0.05) is 25.6 Å². The van der Waals surface area contributed by atoms with Gasteiger partial charge in [0.15, 0.2) is 5.69 Å². The molecule has 1 aliphatic carbocycles. The third kappa shape index (κ3) is 4.60. The van der Waals surface area contributed by atoms with Gasteiger partial charge in [-0.2, -0.15) is 0 Å². The summed E-state index contributed by atoms with van der Waals surface area (Å²) in [5.74, 6) is 1.01. The lowest BCUT2D eigenvalue weighted by Crippen LogP contribution is -2.55. The third-order valence-corrected chi connectivity index (χ3v) is 5.35. The van der Waals surface area contributed by atoms with E-state index in [1.54, 1.807) is 17.9 Å². The first kappa shape index (κ1) is 17.9. The molecular formula is C18H27N3O4. The van der Waals surface area contributed by atoms with Crippen molar-refractivity contribution >= 4 is 11.8 Å². The van der Waals surface area contributed by atoms with E-state index in [1.807, 2.05) is 0 Å². The molecule has 0 bridgehead atoms. The van der Waals surface area contributed by atoms with E-state index in [0.29, 0.717) is 31.1 Å². The van der Waals surface area contributed by atoms with Crippen molar-refractivity contribution in [1.82, 2.24) is 15.4 Å². The molecule has 0 spiro atoms. The molecule has 2 amide bonds. The van der Waals surface area contributed by atoms with Crippen LogP contribution in [-0.4, -0.2) is 52.2 Å². The van der Waals surface area contributed by atoms with Gasteiger partial charge in [0.25, 0.3) is 5.91 Å². The summed E-state index contributed by atoms with van der Waals surface area (Å²) in [4.78, 5) is 26.2. The van der Waals surface area contributed by atoms with Crippen LogP contribution in [0.1, 0.15) is 61.2 Å². The normalized spacial score (nSPS) is 24.5. The zero-order valence-corrected chi connectivity index (χ0v) is 14.7. The predicted molar refractivity (Wildman–Crippen MR) is 90.9 cm³/mol. The molecule has 7 heteroatoms. The minimum absolute atomic E-state index is 0.114. The zero-order valence-electron chi connectivity index (χ0n) is 14.7. The molecule has 2 atom stereocenters. The maximum Gasteiger partial charge on any atom is 0.273 e. The second-order valence-corrected chi connectivity index (χ2v) is 7.29. The Morgan fingerprint density at radius 3 is 2.76 bits per heavy atom. The van der Waals surface area contributed by atoms with Gasteiger partial charge < -0.3 is 19.8 Å². The zero-order chi connectivity index (χ0) is 17.8. The van der Waals surface area contributed by atoms with Gasteiger partial charge in [0.05, 0.1) is 12.1 Å². The maximum atomic E-state index is 12.4. The Labute approximate surface area is 147 Å². The summed E-state index contributed by atoms with van der Waals surface area (Å²) in [6.07, 6.45) is 6.35. The smallest absolute Gasteiger partial charge is 0.273 e. The number of aryl methyl sites for hydroxylation is 1. The van der Waals surface area contributed by atoms with Crippen LogP contribution in [0.4, 0.5) is 0 Å². The van der Waals surface area contributed by atoms with Gasteiger partial charge in [-0.1, -0.05) is 30.8 Å². The van der Waals surface area contributed by atoms with E-state index in [2.05, 4.69) is 10.5 Å². The maximum absolute atomic E-state index is 12.4. The van der Waals surface area contributed by atoms with Crippen LogP contribution in [0.2, 0.25) is 0 Å². The molecule has 7 nitrogen and oxygen atoms in total. The highest BCUT2D eigenvalue weighted by molar-refractivity contribution is 5.92. The van der Waals surface area contributed by atoms with Gasteiger partial charge in [-0.05, 0) is 25.7 Å². The van der Waals surface area contributed by atoms with E-state index in [1.165, 1.54) is 25.7 Å². The summed E-state index contributed by atoms with van der Waals surface area (Å²) >= 11 is 0. The van der Waals surface area contributed by atoms with Crippen LogP contribution >= 0.6 is 0 Å². The van der Waals surface area contributed by atoms with E-state index in [0.717, 1.165) is 6.42 Å². The van der Waals surface area contributed by atoms with Crippen molar-refractivity contribution < 1.29 is 19.2 Å². The molecule has 3 rings (SSSR count). The highest BCUT2D eigenvalue weighted by Gasteiger charge is 2.32. The lowest BCUT2D eigenvalue weighted by molar-refractivity contribution is -0.135. The summed E-state index contributed by atoms with van der Waals surface area (Å²) < 4.78 is 4.89. The first-order valence-corrected chi connectivity index (χ1v) is 9.23. The Hall–Kier alpha value is -1.89. The van der Waals surface area contributed by atoms with Gasteiger partial charge in [-0.3, -0.25) is 9.59 Å². The number of amides is 2. The van der Waals surface area contributed by atoms with Gasteiger partial charge in [0.2, 0.25) is 5.91 Å². The monoisotopic (exact) mass is 349 g/mol. The number of likely N-dealkylation sites (tertiary alicyclic amines) is 1. The van der Waals surface area contributed by atoms with E-state index in [9.17, 15) is 14.7 Å². The van der Waals surface area contributed by atoms with Gasteiger partial charge >= 0.3 is 0 Å². The average Bonchev–Trinajstić information content (AvgIpc) is 3.26. The first-order valence-electron chi connectivity index (χ1n) is 9.23. The van der Waals surface area contributed by atoms with Crippen LogP contribution in [0, 0.1) is 12.8 Å². The van der Waals surface area contributed by atoms with Crippen LogP contribution < -0.4 is 5.32 Å². The number of rotatable bonds is 5. The standard InChI is InChI=1S/C18H27N3O4/c1-12-10-15(20-25-12)18(24)19-14-8-9-21(11-16(14)22)17(23)7-6-13-4-2-3-5-13/h10,13-14,16,22H,2-9,11H2,1H3,(H,19,24). The summed E-state index contributed by atoms with van der Waals surface area (Å²) in [5.41, 5.74) is 0.208. The van der Waals surface area contributed by atoms with Crippen molar-refractivity contribution in [1.29, 1.82) is 0 Å². The van der Waals surface area contributed by atoms with Crippen LogP contribution in [0.3, 0.4) is 0 Å². The number of hydrogen-bond acceptors (Lipinski definition) is 5. The molecule has 2 heterocycles. The summed E-state index contributed by atoms with van der Waals surface area (Å²) in [6.45, 7) is 2.55. The van der Waals surface area contributed by atoms with Gasteiger partial charge in [-0.15, -0.1) is 0 Å². The van der Waals surface area contributed by atoms with Crippen molar-refractivity contribution in [2.75, 3.05) is 13.1 Å². The highest BCUT2D eigenvalue weighted by atomic mass is 16.5. The van der Waals surface area contributed by atoms with Gasteiger partial charge in [-0.25, -0.2) is 0 Å². The Morgan fingerprint density at radius 1 is 1.36 bits per heavy atom. The van der Waals surface area contributed by atoms with Crippen molar-refractivity contribution in [2.24, 2.45) is 5.92 Å². The van der Waals surface area contributed by atoms with Crippen molar-refractivity contribution in [3.05, 3.63) is 17.5 Å². The van der Waals surface area contributed by atoms with Crippen molar-refractivity contribution in [3.63, 3.8) is 0 Å². The molecule has 0 aromatic carbocycles. The van der Waals surface area contributed by atoms with Gasteiger partial charge in [0.1, 0.15) is 5.76 Å². The quantitative estimate of drug-likeness (QED) is 0.843. The van der Waals surface area contributed by atoms with Crippen LogP contribution in [0.15, 0.2) is 10.6 Å². The molecule has 1 saturated heterocycles. The number of aliphatic hydroxyl groups is 1. The summed E-state index contributed by atoms with van der Waals surface area (Å²) in [6, 6.07) is 1.19. The third-order valence-electron chi connectivity index (χ3n) is 5.35. The number of hydrogen-bond donors (Lipinski definition) is 2. The molecule has 1 saturated carbocycles. The predicted octanol–water partition coefficient (Wildman–Crippen LogP) is 1.65. The molecule has 25 heavy (non-hydrogen) atoms. The molecular weight excluding hydrogens is 322 g/mol. The summed E-state index contributed by atoms with van der Waals surface area (Å²) in [7, 11) is 0. The Bertz CT molecular complexity index is 609. The number of aromatic nitrogens is 1. The second kappa shape index (κ2) is 7.99. The van der Waals surface area contributed by atoms with Crippen molar-refractivity contribution in [3.8, 4) is 0 Å². The molecule has 1 aromatic heterocycles. The molecule has 1 aromatic rings. The average molecular weight is 349 g/mol. The van der Waals surface area contributed by atoms with Crippen LogP contribution in [0.25, 0.3) is 0 Å². The fraction of sp³-hybridized carbons (Fsp3) is 0.722. The molecule has 2 N–H and O–H groups in total. The number of nitrogens with one attached hydrogen (secondary N) is 1.